The van der Waals surface area contributed by atoms with Crippen molar-refractivity contribution < 1.29 is 9.90 Å². The van der Waals surface area contributed by atoms with E-state index in [0.29, 0.717) is 39.0 Å². The molecular weight excluding hydrogens is 292 g/mol. The minimum atomic E-state index is -0.252. The van der Waals surface area contributed by atoms with Gasteiger partial charge in [-0.05, 0) is 38.9 Å². The topological polar surface area (TPSA) is 61.1 Å². The smallest absolute Gasteiger partial charge is 0.236 e. The molecule has 2 aromatic heterocycles. The van der Waals surface area contributed by atoms with E-state index in [9.17, 15) is 9.90 Å². The number of aliphatic hydroxyl groups excluding tert-OH is 1. The van der Waals surface area contributed by atoms with E-state index in [1.807, 2.05) is 35.2 Å². The maximum atomic E-state index is 12.3. The van der Waals surface area contributed by atoms with Gasteiger partial charge in [0.1, 0.15) is 5.65 Å². The van der Waals surface area contributed by atoms with Crippen molar-refractivity contribution in [2.45, 2.75) is 32.4 Å². The van der Waals surface area contributed by atoms with E-state index in [1.165, 1.54) is 0 Å². The molecule has 0 unspecified atom stereocenters. The van der Waals surface area contributed by atoms with Gasteiger partial charge in [0.2, 0.25) is 5.91 Å². The van der Waals surface area contributed by atoms with Crippen LogP contribution in [-0.2, 0) is 11.3 Å². The third-order valence-corrected chi connectivity index (χ3v) is 4.40. The summed E-state index contributed by atoms with van der Waals surface area (Å²) < 4.78 is 2.07. The van der Waals surface area contributed by atoms with Crippen molar-refractivity contribution in [1.82, 2.24) is 19.2 Å². The van der Waals surface area contributed by atoms with Crippen LogP contribution in [0.4, 0.5) is 0 Å². The number of hydrogen-bond donors (Lipinski definition) is 1. The molecule has 0 aromatic carbocycles. The fourth-order valence-corrected chi connectivity index (χ4v) is 3.05. The number of likely N-dealkylation sites (N-methyl/N-ethyl adjacent to an activating group) is 1. The number of amides is 1. The van der Waals surface area contributed by atoms with Crippen LogP contribution in [0.3, 0.4) is 0 Å². The number of carbonyl (C=O) groups excluding carboxylic acids is 1. The predicted octanol–water partition coefficient (Wildman–Crippen LogP) is 1.06. The van der Waals surface area contributed by atoms with E-state index in [-0.39, 0.29) is 12.0 Å². The number of nitrogens with zero attached hydrogens (tertiary/aromatic N) is 4. The first-order valence-electron chi connectivity index (χ1n) is 8.11. The average Bonchev–Trinajstić information content (AvgIpc) is 2.91. The monoisotopic (exact) mass is 316 g/mol. The number of aryl methyl sites for hydroxylation is 1. The molecule has 0 aliphatic carbocycles. The lowest BCUT2D eigenvalue weighted by Gasteiger charge is -2.30. The van der Waals surface area contributed by atoms with Crippen LogP contribution in [0.5, 0.6) is 0 Å². The quantitative estimate of drug-likeness (QED) is 0.916. The van der Waals surface area contributed by atoms with Gasteiger partial charge in [-0.3, -0.25) is 9.69 Å². The van der Waals surface area contributed by atoms with Crippen molar-refractivity contribution in [2.75, 3.05) is 26.7 Å². The number of likely N-dealkylation sites (tertiary alicyclic amines) is 1. The van der Waals surface area contributed by atoms with Crippen molar-refractivity contribution in [1.29, 1.82) is 0 Å². The molecular formula is C17H24N4O2. The Morgan fingerprint density at radius 3 is 2.83 bits per heavy atom. The second kappa shape index (κ2) is 6.68. The highest BCUT2D eigenvalue weighted by molar-refractivity contribution is 5.78. The van der Waals surface area contributed by atoms with Crippen LogP contribution in [0.25, 0.3) is 5.65 Å². The van der Waals surface area contributed by atoms with Gasteiger partial charge in [0.25, 0.3) is 0 Å². The first-order valence-corrected chi connectivity index (χ1v) is 8.11. The summed E-state index contributed by atoms with van der Waals surface area (Å²) in [5.41, 5.74) is 3.04. The van der Waals surface area contributed by atoms with Crippen LogP contribution in [0.1, 0.15) is 24.2 Å². The minimum Gasteiger partial charge on any atom is -0.393 e. The molecule has 1 aliphatic rings. The van der Waals surface area contributed by atoms with Gasteiger partial charge in [-0.1, -0.05) is 6.07 Å². The fourth-order valence-electron chi connectivity index (χ4n) is 3.05. The lowest BCUT2D eigenvalue weighted by Crippen LogP contribution is -2.44. The van der Waals surface area contributed by atoms with E-state index in [0.717, 1.165) is 17.0 Å². The Labute approximate surface area is 136 Å². The molecule has 124 valence electrons. The Morgan fingerprint density at radius 1 is 1.39 bits per heavy atom. The van der Waals surface area contributed by atoms with Gasteiger partial charge in [-0.2, -0.15) is 0 Å². The highest BCUT2D eigenvalue weighted by Crippen LogP contribution is 2.12. The Kier molecular flexibility index (Phi) is 4.63. The van der Waals surface area contributed by atoms with Crippen molar-refractivity contribution in [2.24, 2.45) is 0 Å². The van der Waals surface area contributed by atoms with Crippen LogP contribution in [0.15, 0.2) is 24.4 Å². The zero-order chi connectivity index (χ0) is 16.4. The molecule has 0 spiro atoms. The zero-order valence-corrected chi connectivity index (χ0v) is 13.8. The minimum absolute atomic E-state index is 0.124. The van der Waals surface area contributed by atoms with Gasteiger partial charge >= 0.3 is 0 Å². The second-order valence-corrected chi connectivity index (χ2v) is 6.41. The molecule has 1 aliphatic heterocycles. The van der Waals surface area contributed by atoms with Crippen LogP contribution < -0.4 is 0 Å². The van der Waals surface area contributed by atoms with E-state index in [1.54, 1.807) is 0 Å². The largest absolute Gasteiger partial charge is 0.393 e. The number of aliphatic hydroxyl groups is 1. The molecule has 0 bridgehead atoms. The Bertz CT molecular complexity index is 689. The SMILES string of the molecule is Cc1cccc2nc(CN(C)CC(=O)N3CCC(O)CC3)cn12. The summed E-state index contributed by atoms with van der Waals surface area (Å²) in [5.74, 6) is 0.124. The summed E-state index contributed by atoms with van der Waals surface area (Å²) in [6.45, 7) is 4.38. The highest BCUT2D eigenvalue weighted by Gasteiger charge is 2.22. The van der Waals surface area contributed by atoms with E-state index >= 15 is 0 Å². The van der Waals surface area contributed by atoms with E-state index in [2.05, 4.69) is 22.4 Å². The van der Waals surface area contributed by atoms with Crippen LogP contribution in [-0.4, -0.2) is 63.0 Å². The Hall–Kier alpha value is -1.92. The number of imidazole rings is 1. The lowest BCUT2D eigenvalue weighted by atomic mass is 10.1. The van der Waals surface area contributed by atoms with Crippen molar-refractivity contribution in [3.05, 3.63) is 35.8 Å². The van der Waals surface area contributed by atoms with Crippen LogP contribution in [0, 0.1) is 6.92 Å². The third kappa shape index (κ3) is 3.71. The molecule has 0 atom stereocenters. The van der Waals surface area contributed by atoms with Crippen molar-refractivity contribution in [3.8, 4) is 0 Å². The number of rotatable bonds is 4. The van der Waals surface area contributed by atoms with Gasteiger partial charge in [0.15, 0.2) is 0 Å². The molecule has 3 heterocycles. The molecule has 1 N–H and O–H groups in total. The van der Waals surface area contributed by atoms with Gasteiger partial charge < -0.3 is 14.4 Å². The average molecular weight is 316 g/mol. The second-order valence-electron chi connectivity index (χ2n) is 6.41. The van der Waals surface area contributed by atoms with Gasteiger partial charge in [-0.15, -0.1) is 0 Å². The summed E-state index contributed by atoms with van der Waals surface area (Å²) in [6.07, 6.45) is 3.14. The summed E-state index contributed by atoms with van der Waals surface area (Å²) in [4.78, 5) is 20.8. The third-order valence-electron chi connectivity index (χ3n) is 4.40. The Balaban J connectivity index is 1.58. The summed E-state index contributed by atoms with van der Waals surface area (Å²) in [5, 5.41) is 9.52. The number of aromatic nitrogens is 2. The van der Waals surface area contributed by atoms with Gasteiger partial charge in [0.05, 0.1) is 18.3 Å². The molecule has 1 amide bonds. The summed E-state index contributed by atoms with van der Waals surface area (Å²) >= 11 is 0. The van der Waals surface area contributed by atoms with Gasteiger partial charge in [0, 0.05) is 31.5 Å². The highest BCUT2D eigenvalue weighted by atomic mass is 16.3. The molecule has 0 radical (unpaired) electrons. The molecule has 6 heteroatoms. The number of pyridine rings is 1. The molecule has 6 nitrogen and oxygen atoms in total. The van der Waals surface area contributed by atoms with Crippen LogP contribution in [0.2, 0.25) is 0 Å². The van der Waals surface area contributed by atoms with Crippen molar-refractivity contribution in [3.63, 3.8) is 0 Å². The first kappa shape index (κ1) is 16.0. The lowest BCUT2D eigenvalue weighted by molar-refractivity contribution is -0.134. The van der Waals surface area contributed by atoms with Crippen LogP contribution >= 0.6 is 0 Å². The molecule has 0 saturated carbocycles. The number of piperidine rings is 1. The van der Waals surface area contributed by atoms with Gasteiger partial charge in [-0.25, -0.2) is 4.98 Å². The normalized spacial score (nSPS) is 16.4. The number of carbonyl (C=O) groups is 1. The maximum absolute atomic E-state index is 12.3. The predicted molar refractivity (Wildman–Crippen MR) is 88.1 cm³/mol. The fraction of sp³-hybridized carbons (Fsp3) is 0.529. The number of fused-ring (bicyclic) bond motifs is 1. The Morgan fingerprint density at radius 2 is 2.13 bits per heavy atom. The van der Waals surface area contributed by atoms with Crippen molar-refractivity contribution >= 4 is 11.6 Å². The first-order chi connectivity index (χ1) is 11.0. The van der Waals surface area contributed by atoms with E-state index < -0.39 is 0 Å². The molecule has 2 aromatic rings. The van der Waals surface area contributed by atoms with E-state index in [4.69, 9.17) is 0 Å². The summed E-state index contributed by atoms with van der Waals surface area (Å²) in [6, 6.07) is 6.04. The molecule has 3 rings (SSSR count). The molecule has 1 saturated heterocycles. The summed E-state index contributed by atoms with van der Waals surface area (Å²) in [7, 11) is 1.94. The zero-order valence-electron chi connectivity index (χ0n) is 13.8. The maximum Gasteiger partial charge on any atom is 0.236 e. The molecule has 23 heavy (non-hydrogen) atoms. The number of hydrogen-bond acceptors (Lipinski definition) is 4. The molecule has 1 fully saturated rings. The standard InChI is InChI=1S/C17H24N4O2/c1-13-4-3-5-16-18-14(11-21(13)16)10-19(2)12-17(23)20-8-6-15(22)7-9-20/h3-5,11,15,22H,6-10,12H2,1-2H3.